The van der Waals surface area contributed by atoms with Gasteiger partial charge in [-0.25, -0.2) is 13.8 Å². The fourth-order valence-corrected chi connectivity index (χ4v) is 2.25. The van der Waals surface area contributed by atoms with E-state index in [1.165, 1.54) is 6.07 Å². The highest BCUT2D eigenvalue weighted by Gasteiger charge is 2.21. The maximum Gasteiger partial charge on any atom is 0.163 e. The molecule has 96 valence electrons. The van der Waals surface area contributed by atoms with Gasteiger partial charge in [-0.2, -0.15) is 5.26 Å². The number of imidazole rings is 1. The Balaban J connectivity index is 2.17. The van der Waals surface area contributed by atoms with Gasteiger partial charge in [0.15, 0.2) is 17.3 Å². The van der Waals surface area contributed by atoms with E-state index in [9.17, 15) is 8.78 Å². The Labute approximate surface area is 108 Å². The van der Waals surface area contributed by atoms with Crippen molar-refractivity contribution < 1.29 is 8.78 Å². The van der Waals surface area contributed by atoms with E-state index < -0.39 is 11.6 Å². The van der Waals surface area contributed by atoms with E-state index in [4.69, 9.17) is 5.26 Å². The highest BCUT2D eigenvalue weighted by atomic mass is 19.2. The third kappa shape index (κ3) is 1.88. The van der Waals surface area contributed by atoms with Crippen molar-refractivity contribution in [2.24, 2.45) is 0 Å². The smallest absolute Gasteiger partial charge is 0.163 e. The maximum absolute atomic E-state index is 13.3. The van der Waals surface area contributed by atoms with Gasteiger partial charge < -0.3 is 9.88 Å². The number of fused-ring (bicyclic) bond motifs is 1. The fourth-order valence-electron chi connectivity index (χ4n) is 2.25. The molecule has 0 aliphatic carbocycles. The second-order valence-electron chi connectivity index (χ2n) is 4.30. The topological polar surface area (TPSA) is 53.6 Å². The normalized spacial score (nSPS) is 13.9. The molecule has 1 aliphatic heterocycles. The largest absolute Gasteiger partial charge is 0.324 e. The summed E-state index contributed by atoms with van der Waals surface area (Å²) in [4.78, 5) is 4.22. The number of nitriles is 1. The summed E-state index contributed by atoms with van der Waals surface area (Å²) < 4.78 is 28.1. The van der Waals surface area contributed by atoms with E-state index in [0.29, 0.717) is 30.2 Å². The quantitative estimate of drug-likeness (QED) is 0.850. The number of rotatable bonds is 1. The van der Waals surface area contributed by atoms with Gasteiger partial charge in [-0.1, -0.05) is 0 Å². The molecule has 1 aliphatic rings. The second kappa shape index (κ2) is 4.44. The maximum atomic E-state index is 13.3. The summed E-state index contributed by atoms with van der Waals surface area (Å²) in [6.07, 6.45) is 0. The van der Waals surface area contributed by atoms with E-state index in [1.807, 2.05) is 10.6 Å². The molecule has 0 fully saturated rings. The lowest BCUT2D eigenvalue weighted by atomic mass is 10.2. The first kappa shape index (κ1) is 11.8. The molecule has 0 radical (unpaired) electrons. The van der Waals surface area contributed by atoms with Gasteiger partial charge in [0.2, 0.25) is 0 Å². The molecule has 0 saturated carbocycles. The van der Waals surface area contributed by atoms with Crippen molar-refractivity contribution in [3.05, 3.63) is 41.2 Å². The van der Waals surface area contributed by atoms with Crippen LogP contribution >= 0.6 is 0 Å². The molecule has 0 atom stereocenters. The predicted octanol–water partition coefficient (Wildman–Crippen LogP) is 1.80. The molecule has 0 saturated heterocycles. The Hall–Kier alpha value is -2.26. The van der Waals surface area contributed by atoms with Gasteiger partial charge in [0.05, 0.1) is 5.69 Å². The molecule has 6 heteroatoms. The number of hydrogen-bond acceptors (Lipinski definition) is 3. The monoisotopic (exact) mass is 260 g/mol. The Bertz CT molecular complexity index is 685. The van der Waals surface area contributed by atoms with E-state index in [0.717, 1.165) is 24.4 Å². The minimum absolute atomic E-state index is 0.326. The van der Waals surface area contributed by atoms with Crippen LogP contribution in [-0.4, -0.2) is 16.1 Å². The number of benzene rings is 1. The number of hydrogen-bond donors (Lipinski definition) is 1. The van der Waals surface area contributed by atoms with E-state index in [1.54, 1.807) is 0 Å². The van der Waals surface area contributed by atoms with Crippen LogP contribution in [-0.2, 0) is 13.1 Å². The first-order valence-electron chi connectivity index (χ1n) is 5.86. The highest BCUT2D eigenvalue weighted by molar-refractivity contribution is 5.58. The molecule has 2 heterocycles. The number of aromatic nitrogens is 2. The molecule has 0 amide bonds. The third-order valence-corrected chi connectivity index (χ3v) is 3.16. The van der Waals surface area contributed by atoms with E-state index in [2.05, 4.69) is 10.3 Å². The van der Waals surface area contributed by atoms with Crippen LogP contribution in [0.4, 0.5) is 8.78 Å². The van der Waals surface area contributed by atoms with Crippen molar-refractivity contribution >= 4 is 0 Å². The molecule has 1 aromatic heterocycles. The molecule has 1 N–H and O–H groups in total. The minimum Gasteiger partial charge on any atom is -0.324 e. The molecule has 0 unspecified atom stereocenters. The van der Waals surface area contributed by atoms with Gasteiger partial charge >= 0.3 is 0 Å². The van der Waals surface area contributed by atoms with Crippen molar-refractivity contribution in [1.29, 1.82) is 5.26 Å². The van der Waals surface area contributed by atoms with Crippen LogP contribution in [0, 0.1) is 23.0 Å². The first-order valence-corrected chi connectivity index (χ1v) is 5.86. The molecular weight excluding hydrogens is 250 g/mol. The molecular formula is C13H10F2N4. The fraction of sp³-hybridized carbons (Fsp3) is 0.231. The zero-order chi connectivity index (χ0) is 13.4. The minimum atomic E-state index is -0.915. The van der Waals surface area contributed by atoms with Crippen LogP contribution in [0.25, 0.3) is 11.4 Å². The average molecular weight is 260 g/mol. The Morgan fingerprint density at radius 1 is 1.32 bits per heavy atom. The SMILES string of the molecule is N#Cc1nc(-c2ccc(F)c(F)c2)n2c1CNCC2. The van der Waals surface area contributed by atoms with Crippen molar-refractivity contribution in [2.45, 2.75) is 13.1 Å². The first-order chi connectivity index (χ1) is 9.20. The molecule has 1 aromatic carbocycles. The summed E-state index contributed by atoms with van der Waals surface area (Å²) in [5.74, 6) is -1.30. The number of halogens is 2. The lowest BCUT2D eigenvalue weighted by molar-refractivity contribution is 0.507. The van der Waals surface area contributed by atoms with Gasteiger partial charge in [-0.05, 0) is 18.2 Å². The summed E-state index contributed by atoms with van der Waals surface area (Å²) in [7, 11) is 0. The van der Waals surface area contributed by atoms with Crippen LogP contribution in [0.15, 0.2) is 18.2 Å². The van der Waals surface area contributed by atoms with Crippen LogP contribution in [0.3, 0.4) is 0 Å². The van der Waals surface area contributed by atoms with Gasteiger partial charge in [-0.3, -0.25) is 0 Å². The summed E-state index contributed by atoms with van der Waals surface area (Å²) in [5, 5.41) is 12.2. The van der Waals surface area contributed by atoms with Crippen LogP contribution in [0.5, 0.6) is 0 Å². The third-order valence-electron chi connectivity index (χ3n) is 3.16. The Morgan fingerprint density at radius 2 is 2.16 bits per heavy atom. The average Bonchev–Trinajstić information content (AvgIpc) is 2.81. The van der Waals surface area contributed by atoms with Crippen molar-refractivity contribution in [3.8, 4) is 17.5 Å². The zero-order valence-corrected chi connectivity index (χ0v) is 9.95. The predicted molar refractivity (Wildman–Crippen MR) is 64.0 cm³/mol. The van der Waals surface area contributed by atoms with Crippen molar-refractivity contribution in [3.63, 3.8) is 0 Å². The molecule has 3 rings (SSSR count). The van der Waals surface area contributed by atoms with Gasteiger partial charge in [-0.15, -0.1) is 0 Å². The molecule has 0 bridgehead atoms. The number of nitrogens with zero attached hydrogens (tertiary/aromatic N) is 3. The van der Waals surface area contributed by atoms with Crippen LogP contribution in [0.2, 0.25) is 0 Å². The summed E-state index contributed by atoms with van der Waals surface area (Å²) >= 11 is 0. The highest BCUT2D eigenvalue weighted by Crippen LogP contribution is 2.25. The lowest BCUT2D eigenvalue weighted by Gasteiger charge is -2.17. The van der Waals surface area contributed by atoms with Crippen molar-refractivity contribution in [1.82, 2.24) is 14.9 Å². The van der Waals surface area contributed by atoms with E-state index >= 15 is 0 Å². The Kier molecular flexibility index (Phi) is 2.76. The molecule has 19 heavy (non-hydrogen) atoms. The molecule has 4 nitrogen and oxygen atoms in total. The second-order valence-corrected chi connectivity index (χ2v) is 4.30. The summed E-state index contributed by atoms with van der Waals surface area (Å²) in [6.45, 7) is 1.96. The van der Waals surface area contributed by atoms with Gasteiger partial charge in [0.25, 0.3) is 0 Å². The van der Waals surface area contributed by atoms with Gasteiger partial charge in [0.1, 0.15) is 11.9 Å². The standard InChI is InChI=1S/C13H10F2N4/c14-9-2-1-8(5-10(9)15)13-18-11(6-16)12-7-17-3-4-19(12)13/h1-2,5,17H,3-4,7H2. The number of nitrogens with one attached hydrogen (secondary N) is 1. The molecule has 2 aromatic rings. The molecule has 0 spiro atoms. The van der Waals surface area contributed by atoms with Crippen LogP contribution < -0.4 is 5.32 Å². The lowest BCUT2D eigenvalue weighted by Crippen LogP contribution is -2.28. The van der Waals surface area contributed by atoms with Crippen molar-refractivity contribution in [2.75, 3.05) is 6.54 Å². The van der Waals surface area contributed by atoms with E-state index in [-0.39, 0.29) is 0 Å². The Morgan fingerprint density at radius 3 is 2.89 bits per heavy atom. The van der Waals surface area contributed by atoms with Crippen LogP contribution in [0.1, 0.15) is 11.4 Å². The summed E-state index contributed by atoms with van der Waals surface area (Å²) in [6, 6.07) is 5.68. The zero-order valence-electron chi connectivity index (χ0n) is 9.95. The van der Waals surface area contributed by atoms with Gasteiger partial charge in [0, 0.05) is 25.2 Å². The summed E-state index contributed by atoms with van der Waals surface area (Å²) in [5.41, 5.74) is 1.59.